The summed E-state index contributed by atoms with van der Waals surface area (Å²) in [4.78, 5) is 29.2. The number of fused-ring (bicyclic) bond motifs is 2. The number of aryl methyl sites for hydroxylation is 2. The van der Waals surface area contributed by atoms with Crippen LogP contribution in [0.2, 0.25) is 0 Å². The first kappa shape index (κ1) is 19.8. The second-order valence-corrected chi connectivity index (χ2v) is 9.18. The fourth-order valence-corrected chi connectivity index (χ4v) is 5.95. The number of nitrogens with zero attached hydrogens (tertiary/aromatic N) is 2. The number of carbonyl (C=O) groups excluding carboxylic acids is 2. The smallest absolute Gasteiger partial charge is 0.269 e. The Morgan fingerprint density at radius 2 is 1.65 bits per heavy atom. The molecule has 5 rings (SSSR count). The predicted molar refractivity (Wildman–Crippen MR) is 122 cm³/mol. The highest BCUT2D eigenvalue weighted by Gasteiger charge is 2.61. The van der Waals surface area contributed by atoms with Crippen LogP contribution in [0, 0.1) is 19.7 Å². The molecule has 3 aromatic carbocycles. The van der Waals surface area contributed by atoms with Crippen molar-refractivity contribution in [1.82, 2.24) is 0 Å². The molecule has 2 heterocycles. The largest absolute Gasteiger partial charge is 0.304 e. The average Bonchev–Trinajstić information content (AvgIpc) is 3.20. The van der Waals surface area contributed by atoms with Gasteiger partial charge in [-0.3, -0.25) is 14.5 Å². The van der Waals surface area contributed by atoms with Gasteiger partial charge in [0, 0.05) is 16.8 Å². The fraction of sp³-hybridized carbons (Fsp3) is 0.200. The molecule has 0 bridgehead atoms. The van der Waals surface area contributed by atoms with E-state index in [0.717, 1.165) is 16.7 Å². The molecule has 2 aliphatic rings. The highest BCUT2D eigenvalue weighted by molar-refractivity contribution is 8.02. The van der Waals surface area contributed by atoms with Gasteiger partial charge in [-0.2, -0.15) is 0 Å². The summed E-state index contributed by atoms with van der Waals surface area (Å²) in [5.41, 5.74) is 4.69. The molecule has 156 valence electrons. The van der Waals surface area contributed by atoms with Crippen LogP contribution < -0.4 is 9.80 Å². The summed E-state index contributed by atoms with van der Waals surface area (Å²) in [5.74, 6) is -0.464. The van der Waals surface area contributed by atoms with E-state index in [1.54, 1.807) is 28.0 Å². The van der Waals surface area contributed by atoms with Gasteiger partial charge in [-0.05, 0) is 49.2 Å². The molecule has 1 saturated heterocycles. The number of amides is 2. The topological polar surface area (TPSA) is 40.6 Å². The van der Waals surface area contributed by atoms with Crippen molar-refractivity contribution in [3.63, 3.8) is 0 Å². The number of rotatable bonds is 3. The number of anilines is 2. The van der Waals surface area contributed by atoms with Gasteiger partial charge in [0.05, 0.1) is 18.0 Å². The van der Waals surface area contributed by atoms with Crippen LogP contribution in [-0.4, -0.2) is 17.6 Å². The number of hydrogen-bond donors (Lipinski definition) is 0. The Kier molecular flexibility index (Phi) is 4.63. The third kappa shape index (κ3) is 2.97. The standard InChI is InChI=1S/C25H21FN2O2S/c1-16-11-17(2)13-19(12-16)28-23(29)15-31-25(28)20-8-4-6-10-22(20)27(24(25)30)14-18-7-3-5-9-21(18)26/h3-13H,14-15H2,1-2H3/t25-/m0/s1. The van der Waals surface area contributed by atoms with Gasteiger partial charge in [-0.25, -0.2) is 4.39 Å². The number of hydrogen-bond acceptors (Lipinski definition) is 3. The summed E-state index contributed by atoms with van der Waals surface area (Å²) >= 11 is 1.34. The first-order chi connectivity index (χ1) is 14.9. The van der Waals surface area contributed by atoms with Gasteiger partial charge < -0.3 is 4.90 Å². The molecule has 0 aliphatic carbocycles. The van der Waals surface area contributed by atoms with E-state index in [2.05, 4.69) is 0 Å². The molecule has 2 amide bonds. The minimum Gasteiger partial charge on any atom is -0.304 e. The molecule has 6 heteroatoms. The summed E-state index contributed by atoms with van der Waals surface area (Å²) in [6.45, 7) is 4.07. The maximum Gasteiger partial charge on any atom is 0.269 e. The van der Waals surface area contributed by atoms with Crippen molar-refractivity contribution in [2.45, 2.75) is 25.3 Å². The number of para-hydroxylation sites is 1. The molecule has 0 saturated carbocycles. The van der Waals surface area contributed by atoms with Crippen molar-refractivity contribution in [2.75, 3.05) is 15.6 Å². The Bertz CT molecular complexity index is 1210. The lowest BCUT2D eigenvalue weighted by molar-refractivity contribution is -0.123. The Labute approximate surface area is 184 Å². The van der Waals surface area contributed by atoms with Gasteiger partial charge in [0.1, 0.15) is 5.82 Å². The predicted octanol–water partition coefficient (Wildman–Crippen LogP) is 4.92. The Balaban J connectivity index is 1.67. The molecule has 31 heavy (non-hydrogen) atoms. The third-order valence-electron chi connectivity index (χ3n) is 5.81. The zero-order valence-corrected chi connectivity index (χ0v) is 18.1. The van der Waals surface area contributed by atoms with E-state index in [9.17, 15) is 14.0 Å². The van der Waals surface area contributed by atoms with Crippen molar-refractivity contribution in [1.29, 1.82) is 0 Å². The maximum absolute atomic E-state index is 14.4. The molecule has 0 N–H and O–H groups in total. The summed E-state index contributed by atoms with van der Waals surface area (Å²) in [6.07, 6.45) is 0. The Hall–Kier alpha value is -3.12. The van der Waals surface area contributed by atoms with Crippen LogP contribution in [0.1, 0.15) is 22.3 Å². The fourth-order valence-electron chi connectivity index (χ4n) is 4.59. The lowest BCUT2D eigenvalue weighted by atomic mass is 10.0. The highest BCUT2D eigenvalue weighted by atomic mass is 32.2. The van der Waals surface area contributed by atoms with E-state index >= 15 is 0 Å². The number of carbonyl (C=O) groups is 2. The van der Waals surface area contributed by atoms with E-state index in [-0.39, 0.29) is 29.9 Å². The molecule has 0 unspecified atom stereocenters. The van der Waals surface area contributed by atoms with Gasteiger partial charge >= 0.3 is 0 Å². The van der Waals surface area contributed by atoms with Crippen LogP contribution in [0.4, 0.5) is 15.8 Å². The van der Waals surface area contributed by atoms with Crippen LogP contribution in [0.15, 0.2) is 66.7 Å². The zero-order valence-electron chi connectivity index (χ0n) is 17.3. The van der Waals surface area contributed by atoms with E-state index in [1.165, 1.54) is 17.8 Å². The third-order valence-corrected chi connectivity index (χ3v) is 7.20. The summed E-state index contributed by atoms with van der Waals surface area (Å²) in [7, 11) is 0. The first-order valence-electron chi connectivity index (χ1n) is 10.1. The maximum atomic E-state index is 14.4. The van der Waals surface area contributed by atoms with Gasteiger partial charge in [-0.1, -0.05) is 42.5 Å². The van der Waals surface area contributed by atoms with Gasteiger partial charge in [0.25, 0.3) is 5.91 Å². The summed E-state index contributed by atoms with van der Waals surface area (Å²) < 4.78 is 14.4. The monoisotopic (exact) mass is 432 g/mol. The Morgan fingerprint density at radius 3 is 2.39 bits per heavy atom. The zero-order chi connectivity index (χ0) is 21.8. The van der Waals surface area contributed by atoms with Crippen molar-refractivity contribution in [3.05, 3.63) is 94.8 Å². The molecule has 0 aromatic heterocycles. The first-order valence-corrected chi connectivity index (χ1v) is 11.1. The van der Waals surface area contributed by atoms with Crippen LogP contribution in [0.5, 0.6) is 0 Å². The SMILES string of the molecule is Cc1cc(C)cc(N2C(=O)CS[C@@]23C(=O)N(Cc2ccccc2F)c2ccccc23)c1. The molecule has 3 aromatic rings. The summed E-state index contributed by atoms with van der Waals surface area (Å²) in [6, 6.07) is 19.9. The van der Waals surface area contributed by atoms with Crippen LogP contribution in [0.3, 0.4) is 0 Å². The molecule has 4 nitrogen and oxygen atoms in total. The normalized spacial score (nSPS) is 20.1. The Morgan fingerprint density at radius 1 is 0.968 bits per heavy atom. The van der Waals surface area contributed by atoms with Crippen molar-refractivity contribution < 1.29 is 14.0 Å². The van der Waals surface area contributed by atoms with E-state index in [0.29, 0.717) is 16.9 Å². The molecule has 0 radical (unpaired) electrons. The summed E-state index contributed by atoms with van der Waals surface area (Å²) in [5, 5.41) is 0. The van der Waals surface area contributed by atoms with Crippen molar-refractivity contribution in [2.24, 2.45) is 0 Å². The van der Waals surface area contributed by atoms with E-state index in [1.807, 2.05) is 56.3 Å². The number of thioether (sulfide) groups is 1. The van der Waals surface area contributed by atoms with Gasteiger partial charge in [-0.15, -0.1) is 11.8 Å². The van der Waals surface area contributed by atoms with Crippen LogP contribution in [-0.2, 0) is 21.0 Å². The minimum absolute atomic E-state index is 0.106. The molecule has 1 fully saturated rings. The lowest BCUT2D eigenvalue weighted by Crippen LogP contribution is -2.49. The van der Waals surface area contributed by atoms with E-state index < -0.39 is 4.87 Å². The van der Waals surface area contributed by atoms with Gasteiger partial charge in [0.2, 0.25) is 10.8 Å². The molecule has 1 atom stereocenters. The van der Waals surface area contributed by atoms with Crippen LogP contribution in [0.25, 0.3) is 0 Å². The second kappa shape index (κ2) is 7.24. The molecule has 2 aliphatic heterocycles. The quantitative estimate of drug-likeness (QED) is 0.590. The number of halogens is 1. The van der Waals surface area contributed by atoms with Gasteiger partial charge in [0.15, 0.2) is 0 Å². The number of benzene rings is 3. The molecular formula is C25H21FN2O2S. The molecule has 1 spiro atoms. The van der Waals surface area contributed by atoms with Crippen molar-refractivity contribution in [3.8, 4) is 0 Å². The van der Waals surface area contributed by atoms with Crippen molar-refractivity contribution >= 4 is 35.0 Å². The van der Waals surface area contributed by atoms with E-state index in [4.69, 9.17) is 0 Å². The average molecular weight is 433 g/mol. The molecular weight excluding hydrogens is 411 g/mol. The lowest BCUT2D eigenvalue weighted by Gasteiger charge is -2.33. The van der Waals surface area contributed by atoms with Crippen LogP contribution >= 0.6 is 11.8 Å². The minimum atomic E-state index is -1.18. The second-order valence-electron chi connectivity index (χ2n) is 8.01. The highest BCUT2D eigenvalue weighted by Crippen LogP contribution is 2.56.